The molecule has 0 aliphatic rings. The van der Waals surface area contributed by atoms with Crippen LogP contribution < -0.4 is 20.7 Å². The molecule has 10 nitrogen and oxygen atoms in total. The van der Waals surface area contributed by atoms with Crippen LogP contribution in [0.15, 0.2) is 54.6 Å². The summed E-state index contributed by atoms with van der Waals surface area (Å²) in [6, 6.07) is 18.2. The molecule has 3 N–H and O–H groups in total. The van der Waals surface area contributed by atoms with Crippen molar-refractivity contribution in [2.75, 3.05) is 47.4 Å². The Hall–Kier alpha value is -4.64. The zero-order valence-electron chi connectivity index (χ0n) is 33.6. The molecule has 2 amide bonds. The minimum absolute atomic E-state index is 0.0413. The molecule has 0 saturated heterocycles. The Kier molecular flexibility index (Phi) is 52.9. The minimum atomic E-state index is -0.398. The normalized spacial score (nSPS) is 9.35. The second-order valence-corrected chi connectivity index (χ2v) is 10.7. The number of ether oxygens (including phenoxy) is 2. The molecule has 0 unspecified atom stereocenters. The fraction of sp³-hybridized carbons (Fsp3) is 0.524. The fourth-order valence-corrected chi connectivity index (χ4v) is 3.85. The number of amides is 2. The van der Waals surface area contributed by atoms with Crippen LogP contribution in [-0.2, 0) is 30.5 Å². The Labute approximate surface area is 317 Å². The lowest BCUT2D eigenvalue weighted by atomic mass is 10.2. The molecule has 10 heteroatoms. The lowest BCUT2D eigenvalue weighted by molar-refractivity contribution is -0.142. The van der Waals surface area contributed by atoms with Gasteiger partial charge in [-0.25, -0.2) is 0 Å². The number of esters is 1. The number of carbonyl (C=O) groups excluding carboxylic acids is 4. The van der Waals surface area contributed by atoms with Gasteiger partial charge in [-0.15, -0.1) is 25.7 Å². The number of rotatable bonds is 19. The first-order valence-corrected chi connectivity index (χ1v) is 17.8. The molecule has 0 spiro atoms. The van der Waals surface area contributed by atoms with E-state index in [0.29, 0.717) is 19.4 Å². The van der Waals surface area contributed by atoms with Crippen molar-refractivity contribution in [1.82, 2.24) is 20.9 Å². The van der Waals surface area contributed by atoms with Gasteiger partial charge in [-0.05, 0) is 83.9 Å². The zero-order valence-corrected chi connectivity index (χ0v) is 33.6. The largest absolute Gasteiger partial charge is 0.497 e. The number of carbonyl (C=O) groups is 4. The van der Waals surface area contributed by atoms with Crippen LogP contribution in [0.25, 0.3) is 0 Å². The summed E-state index contributed by atoms with van der Waals surface area (Å²) < 4.78 is 9.54. The Balaban J connectivity index is -0.000000188. The molecule has 294 valence electrons. The summed E-state index contributed by atoms with van der Waals surface area (Å²) in [5.74, 6) is 0.284. The summed E-state index contributed by atoms with van der Waals surface area (Å²) in [6.45, 7) is 17.2. The van der Waals surface area contributed by atoms with Gasteiger partial charge in [0.2, 0.25) is 12.3 Å². The van der Waals surface area contributed by atoms with Crippen LogP contribution >= 0.6 is 0 Å². The van der Waals surface area contributed by atoms with Crippen LogP contribution in [0.4, 0.5) is 0 Å². The van der Waals surface area contributed by atoms with E-state index in [-0.39, 0.29) is 24.8 Å². The third-order valence-corrected chi connectivity index (χ3v) is 6.28. The van der Waals surface area contributed by atoms with E-state index in [2.05, 4.69) is 97.3 Å². The molecule has 2 aromatic carbocycles. The first-order chi connectivity index (χ1) is 25.2. The molecule has 2 aromatic rings. The third-order valence-electron chi connectivity index (χ3n) is 6.28. The predicted octanol–water partition coefficient (Wildman–Crippen LogP) is 6.60. The van der Waals surface area contributed by atoms with Gasteiger partial charge in [0.1, 0.15) is 12.0 Å². The number of hydrogen-bond acceptors (Lipinski definition) is 8. The summed E-state index contributed by atoms with van der Waals surface area (Å²) >= 11 is 0. The monoisotopic (exact) mass is 727 g/mol. The van der Waals surface area contributed by atoms with Gasteiger partial charge < -0.3 is 35.1 Å². The van der Waals surface area contributed by atoms with Gasteiger partial charge in [0.25, 0.3) is 0 Å². The first-order valence-electron chi connectivity index (χ1n) is 17.8. The SMILES string of the molecule is C#C.C#C.CC.CCCN(C)CCC.COC(=O)CCC(=O)N[C@@H](C)CCC=O.COc1cccc(CNCCCNC=O)c1.Cc1ccccc1. The van der Waals surface area contributed by atoms with Crippen molar-refractivity contribution in [2.45, 2.75) is 99.1 Å². The average molecular weight is 727 g/mol. The van der Waals surface area contributed by atoms with E-state index in [4.69, 9.17) is 4.74 Å². The summed E-state index contributed by atoms with van der Waals surface area (Å²) in [6.07, 6.45) is 22.3. The maximum atomic E-state index is 11.2. The van der Waals surface area contributed by atoms with Gasteiger partial charge in [-0.2, -0.15) is 0 Å². The standard InChI is InChI=1S/C12H18N2O2.C10H17NO4.C7H17N.C7H8.C2H6.2C2H2/c1-16-12-5-2-4-11(8-12)9-13-6-3-7-14-10-15;1-8(4-3-7-12)11-9(13)5-6-10(14)15-2;1-4-6-8(3)7-5-2;1-7-5-3-2-4-6-7;3*1-2/h2,4-5,8,10,13H,3,6-7,9H2,1H3,(H,14,15);7-8H,3-6H2,1-2H3,(H,11,13);4-7H2,1-3H3;2-6H,1H3;1-2H3;2*1-2H/t;8-;;;;;/m.0...../s1. The number of benzene rings is 2. The number of aryl methyl sites for hydroxylation is 1. The van der Waals surface area contributed by atoms with E-state index in [1.807, 2.05) is 57.2 Å². The average Bonchev–Trinajstić information content (AvgIpc) is 3.18. The molecule has 0 saturated carbocycles. The van der Waals surface area contributed by atoms with Crippen LogP contribution in [-0.4, -0.2) is 83.0 Å². The second kappa shape index (κ2) is 48.5. The van der Waals surface area contributed by atoms with Crippen molar-refractivity contribution < 1.29 is 28.7 Å². The minimum Gasteiger partial charge on any atom is -0.497 e. The van der Waals surface area contributed by atoms with Crippen molar-refractivity contribution >= 4 is 24.6 Å². The Bertz CT molecular complexity index is 1100. The van der Waals surface area contributed by atoms with Crippen molar-refractivity contribution in [3.05, 3.63) is 65.7 Å². The maximum Gasteiger partial charge on any atom is 0.306 e. The van der Waals surface area contributed by atoms with Crippen LogP contribution in [0.2, 0.25) is 0 Å². The van der Waals surface area contributed by atoms with Gasteiger partial charge in [0, 0.05) is 32.0 Å². The molecule has 0 radical (unpaired) electrons. The molecule has 2 rings (SSSR count). The summed E-state index contributed by atoms with van der Waals surface area (Å²) in [4.78, 5) is 44.4. The lowest BCUT2D eigenvalue weighted by Crippen LogP contribution is -2.32. The van der Waals surface area contributed by atoms with Gasteiger partial charge in [0.15, 0.2) is 0 Å². The molecule has 1 atom stereocenters. The number of terminal acetylenes is 2. The van der Waals surface area contributed by atoms with Gasteiger partial charge in [-0.1, -0.05) is 75.7 Å². The van der Waals surface area contributed by atoms with Crippen molar-refractivity contribution in [1.29, 1.82) is 0 Å². The molecular weight excluding hydrogens is 656 g/mol. The lowest BCUT2D eigenvalue weighted by Gasteiger charge is -2.12. The summed E-state index contributed by atoms with van der Waals surface area (Å²) in [5.41, 5.74) is 2.52. The molecule has 0 aromatic heterocycles. The van der Waals surface area contributed by atoms with Crippen molar-refractivity contribution in [3.8, 4) is 31.4 Å². The van der Waals surface area contributed by atoms with E-state index in [1.54, 1.807) is 7.11 Å². The van der Waals surface area contributed by atoms with E-state index in [1.165, 1.54) is 44.2 Å². The number of nitrogens with one attached hydrogen (secondary N) is 3. The Morgan fingerprint density at radius 1 is 0.885 bits per heavy atom. The first kappa shape index (κ1) is 56.7. The molecular formula is C42H70N4O6. The van der Waals surface area contributed by atoms with E-state index < -0.39 is 5.97 Å². The molecule has 0 aliphatic heterocycles. The number of aldehydes is 1. The smallest absolute Gasteiger partial charge is 0.306 e. The van der Waals surface area contributed by atoms with Crippen LogP contribution in [0.5, 0.6) is 5.75 Å². The van der Waals surface area contributed by atoms with Crippen molar-refractivity contribution in [3.63, 3.8) is 0 Å². The fourth-order valence-electron chi connectivity index (χ4n) is 3.85. The topological polar surface area (TPSA) is 126 Å². The highest BCUT2D eigenvalue weighted by molar-refractivity contribution is 5.81. The van der Waals surface area contributed by atoms with Crippen LogP contribution in [0.1, 0.15) is 90.7 Å². The van der Waals surface area contributed by atoms with Crippen LogP contribution in [0.3, 0.4) is 0 Å². The highest BCUT2D eigenvalue weighted by Crippen LogP contribution is 2.12. The number of methoxy groups -OCH3 is 2. The van der Waals surface area contributed by atoms with E-state index in [0.717, 1.165) is 38.0 Å². The van der Waals surface area contributed by atoms with Gasteiger partial charge in [-0.3, -0.25) is 14.4 Å². The number of hydrogen-bond donors (Lipinski definition) is 3. The molecule has 0 bridgehead atoms. The maximum absolute atomic E-state index is 11.2. The van der Waals surface area contributed by atoms with Crippen LogP contribution in [0, 0.1) is 32.6 Å². The summed E-state index contributed by atoms with van der Waals surface area (Å²) in [7, 11) is 5.12. The van der Waals surface area contributed by atoms with Crippen molar-refractivity contribution in [2.24, 2.45) is 0 Å². The number of nitrogens with zero attached hydrogens (tertiary/aromatic N) is 1. The molecule has 52 heavy (non-hydrogen) atoms. The highest BCUT2D eigenvalue weighted by atomic mass is 16.5. The zero-order chi connectivity index (χ0) is 40.8. The second-order valence-electron chi connectivity index (χ2n) is 10.7. The van der Waals surface area contributed by atoms with E-state index >= 15 is 0 Å². The Morgan fingerprint density at radius 2 is 1.48 bits per heavy atom. The van der Waals surface area contributed by atoms with Gasteiger partial charge in [0.05, 0.1) is 20.6 Å². The third kappa shape index (κ3) is 45.4. The quantitative estimate of drug-likeness (QED) is 0.0640. The van der Waals surface area contributed by atoms with Gasteiger partial charge >= 0.3 is 5.97 Å². The molecule has 0 aliphatic carbocycles. The summed E-state index contributed by atoms with van der Waals surface area (Å²) in [5, 5.41) is 8.61. The molecule has 0 fully saturated rings. The molecule has 0 heterocycles. The van der Waals surface area contributed by atoms with E-state index in [9.17, 15) is 19.2 Å². The highest BCUT2D eigenvalue weighted by Gasteiger charge is 2.09. The predicted molar refractivity (Wildman–Crippen MR) is 218 cm³/mol. The Morgan fingerprint density at radius 3 is 1.94 bits per heavy atom.